The second kappa shape index (κ2) is 4.63. The molecule has 4 nitrogen and oxygen atoms in total. The van der Waals surface area contributed by atoms with Crippen molar-refractivity contribution in [3.63, 3.8) is 0 Å². The molecule has 0 fully saturated rings. The van der Waals surface area contributed by atoms with Crippen LogP contribution in [-0.2, 0) is 0 Å². The number of H-pyrrole nitrogens is 1. The molecule has 1 aromatic carbocycles. The van der Waals surface area contributed by atoms with Crippen LogP contribution in [0.3, 0.4) is 0 Å². The Morgan fingerprint density at radius 1 is 1.20 bits per heavy atom. The molecule has 2 aromatic heterocycles. The summed E-state index contributed by atoms with van der Waals surface area (Å²) in [5, 5.41) is 0. The highest BCUT2D eigenvalue weighted by Gasteiger charge is 2.13. The molecule has 2 heterocycles. The zero-order valence-electron chi connectivity index (χ0n) is 11.8. The number of fused-ring (bicyclic) bond motifs is 1. The fraction of sp³-hybridized carbons (Fsp3) is 0.250. The van der Waals surface area contributed by atoms with Crippen LogP contribution in [0.1, 0.15) is 31.0 Å². The normalized spacial score (nSPS) is 11.4. The first-order valence-corrected chi connectivity index (χ1v) is 6.75. The van der Waals surface area contributed by atoms with Crippen LogP contribution in [0.5, 0.6) is 0 Å². The average molecular weight is 267 g/mol. The first-order chi connectivity index (χ1) is 9.58. The van der Waals surface area contributed by atoms with Gasteiger partial charge in [-0.2, -0.15) is 0 Å². The lowest BCUT2D eigenvalue weighted by molar-refractivity contribution is 0.796. The number of aromatic nitrogens is 3. The Morgan fingerprint density at radius 2 is 1.90 bits per heavy atom. The number of hydrogen-bond acceptors (Lipinski definition) is 2. The van der Waals surface area contributed by atoms with Crippen molar-refractivity contribution >= 4 is 5.78 Å². The highest BCUT2D eigenvalue weighted by Crippen LogP contribution is 2.19. The molecule has 0 atom stereocenters. The molecule has 20 heavy (non-hydrogen) atoms. The zero-order chi connectivity index (χ0) is 14.3. The minimum absolute atomic E-state index is 0.00266. The summed E-state index contributed by atoms with van der Waals surface area (Å²) >= 11 is 0. The number of benzene rings is 1. The van der Waals surface area contributed by atoms with Gasteiger partial charge in [0.2, 0.25) is 5.78 Å². The number of imidazole rings is 1. The van der Waals surface area contributed by atoms with Crippen LogP contribution in [0, 0.1) is 6.92 Å². The summed E-state index contributed by atoms with van der Waals surface area (Å²) in [5.74, 6) is 0.868. The van der Waals surface area contributed by atoms with Gasteiger partial charge in [0.1, 0.15) is 0 Å². The second-order valence-electron chi connectivity index (χ2n) is 5.31. The fourth-order valence-corrected chi connectivity index (χ4v) is 2.46. The van der Waals surface area contributed by atoms with Crippen LogP contribution in [0.25, 0.3) is 17.0 Å². The van der Waals surface area contributed by atoms with E-state index in [-0.39, 0.29) is 11.5 Å². The largest absolute Gasteiger partial charge is 0.328 e. The van der Waals surface area contributed by atoms with Crippen molar-refractivity contribution in [3.8, 4) is 11.3 Å². The van der Waals surface area contributed by atoms with Crippen molar-refractivity contribution in [2.24, 2.45) is 0 Å². The Kier molecular flexibility index (Phi) is 2.93. The lowest BCUT2D eigenvalue weighted by Crippen LogP contribution is -2.19. The van der Waals surface area contributed by atoms with Gasteiger partial charge in [-0.25, -0.2) is 4.98 Å². The van der Waals surface area contributed by atoms with Crippen molar-refractivity contribution in [2.75, 3.05) is 0 Å². The molecule has 0 saturated heterocycles. The van der Waals surface area contributed by atoms with E-state index in [1.54, 1.807) is 10.6 Å². The van der Waals surface area contributed by atoms with Gasteiger partial charge in [-0.05, 0) is 12.8 Å². The topological polar surface area (TPSA) is 50.2 Å². The predicted molar refractivity (Wildman–Crippen MR) is 80.1 cm³/mol. The molecule has 4 heteroatoms. The quantitative estimate of drug-likeness (QED) is 0.775. The number of rotatable bonds is 2. The van der Waals surface area contributed by atoms with E-state index in [0.717, 1.165) is 22.5 Å². The molecule has 0 radical (unpaired) electrons. The number of hydrogen-bond donors (Lipinski definition) is 1. The van der Waals surface area contributed by atoms with Crippen molar-refractivity contribution in [1.82, 2.24) is 14.4 Å². The van der Waals surface area contributed by atoms with Crippen LogP contribution in [0.15, 0.2) is 41.3 Å². The third-order valence-electron chi connectivity index (χ3n) is 3.54. The van der Waals surface area contributed by atoms with E-state index in [9.17, 15) is 4.79 Å². The molecule has 0 unspecified atom stereocenters. The van der Waals surface area contributed by atoms with Crippen molar-refractivity contribution in [1.29, 1.82) is 0 Å². The molecule has 102 valence electrons. The molecule has 0 aliphatic rings. The SMILES string of the molecule is Cc1c(C(C)C)[nH]c2nc(-c3ccccc3)cn2c1=O. The molecule has 0 bridgehead atoms. The minimum atomic E-state index is -0.00266. The van der Waals surface area contributed by atoms with Gasteiger partial charge in [-0.1, -0.05) is 44.2 Å². The minimum Gasteiger partial charge on any atom is -0.328 e. The van der Waals surface area contributed by atoms with E-state index in [2.05, 4.69) is 23.8 Å². The van der Waals surface area contributed by atoms with Crippen LogP contribution in [-0.4, -0.2) is 14.4 Å². The van der Waals surface area contributed by atoms with E-state index < -0.39 is 0 Å². The van der Waals surface area contributed by atoms with Crippen LogP contribution >= 0.6 is 0 Å². The zero-order valence-corrected chi connectivity index (χ0v) is 11.8. The maximum atomic E-state index is 12.4. The Hall–Kier alpha value is -2.36. The summed E-state index contributed by atoms with van der Waals surface area (Å²) in [4.78, 5) is 20.2. The predicted octanol–water partition coefficient (Wildman–Crippen LogP) is 3.12. The number of aromatic amines is 1. The van der Waals surface area contributed by atoms with Crippen molar-refractivity contribution < 1.29 is 0 Å². The van der Waals surface area contributed by atoms with Gasteiger partial charge in [0.15, 0.2) is 0 Å². The third kappa shape index (κ3) is 1.93. The maximum Gasteiger partial charge on any atom is 0.262 e. The highest BCUT2D eigenvalue weighted by molar-refractivity contribution is 5.61. The standard InChI is InChI=1S/C16H17N3O/c1-10(2)14-11(3)15(20)19-9-13(17-16(19)18-14)12-7-5-4-6-8-12/h4-10H,1-3H3,(H,17,18). The molecule has 3 rings (SSSR count). The fourth-order valence-electron chi connectivity index (χ4n) is 2.46. The summed E-state index contributed by atoms with van der Waals surface area (Å²) in [7, 11) is 0. The lowest BCUT2D eigenvalue weighted by Gasteiger charge is -2.09. The molecule has 3 aromatic rings. The van der Waals surface area contributed by atoms with E-state index in [1.807, 2.05) is 37.3 Å². The number of nitrogens with zero attached hydrogens (tertiary/aromatic N) is 2. The summed E-state index contributed by atoms with van der Waals surface area (Å²) in [6.45, 7) is 5.99. The van der Waals surface area contributed by atoms with E-state index >= 15 is 0 Å². The maximum absolute atomic E-state index is 12.4. The molecule has 0 spiro atoms. The molecule has 0 aliphatic heterocycles. The van der Waals surface area contributed by atoms with Gasteiger partial charge < -0.3 is 4.98 Å². The van der Waals surface area contributed by atoms with Crippen LogP contribution in [0.2, 0.25) is 0 Å². The Bertz CT molecular complexity index is 813. The average Bonchev–Trinajstić information content (AvgIpc) is 2.88. The number of nitrogens with one attached hydrogen (secondary N) is 1. The highest BCUT2D eigenvalue weighted by atomic mass is 16.1. The first kappa shape index (κ1) is 12.7. The Balaban J connectivity index is 2.27. The Morgan fingerprint density at radius 3 is 2.55 bits per heavy atom. The summed E-state index contributed by atoms with van der Waals surface area (Å²) < 4.78 is 1.59. The van der Waals surface area contributed by atoms with E-state index in [0.29, 0.717) is 5.78 Å². The monoisotopic (exact) mass is 267 g/mol. The van der Waals surface area contributed by atoms with Crippen molar-refractivity contribution in [2.45, 2.75) is 26.7 Å². The third-order valence-corrected chi connectivity index (χ3v) is 3.54. The van der Waals surface area contributed by atoms with E-state index in [1.165, 1.54) is 0 Å². The first-order valence-electron chi connectivity index (χ1n) is 6.75. The smallest absolute Gasteiger partial charge is 0.262 e. The van der Waals surface area contributed by atoms with Crippen LogP contribution in [0.4, 0.5) is 0 Å². The van der Waals surface area contributed by atoms with Crippen LogP contribution < -0.4 is 5.56 Å². The van der Waals surface area contributed by atoms with Gasteiger partial charge in [0.25, 0.3) is 5.56 Å². The molecule has 0 saturated carbocycles. The van der Waals surface area contributed by atoms with Gasteiger partial charge in [0.05, 0.1) is 5.69 Å². The molecular weight excluding hydrogens is 250 g/mol. The van der Waals surface area contributed by atoms with Gasteiger partial charge >= 0.3 is 0 Å². The molecule has 1 N–H and O–H groups in total. The molecular formula is C16H17N3O. The van der Waals surface area contributed by atoms with Gasteiger partial charge in [0, 0.05) is 23.0 Å². The van der Waals surface area contributed by atoms with Gasteiger partial charge in [-0.15, -0.1) is 0 Å². The van der Waals surface area contributed by atoms with Gasteiger partial charge in [-0.3, -0.25) is 9.20 Å². The molecule has 0 aliphatic carbocycles. The molecule has 0 amide bonds. The lowest BCUT2D eigenvalue weighted by atomic mass is 10.1. The van der Waals surface area contributed by atoms with Crippen molar-refractivity contribution in [3.05, 3.63) is 58.1 Å². The second-order valence-corrected chi connectivity index (χ2v) is 5.31. The summed E-state index contributed by atoms with van der Waals surface area (Å²) in [6, 6.07) is 9.87. The van der Waals surface area contributed by atoms with E-state index in [4.69, 9.17) is 0 Å². The summed E-state index contributed by atoms with van der Waals surface area (Å²) in [6.07, 6.45) is 1.79. The Labute approximate surface area is 117 Å². The summed E-state index contributed by atoms with van der Waals surface area (Å²) in [5.41, 5.74) is 3.52.